The van der Waals surface area contributed by atoms with Gasteiger partial charge in [-0.15, -0.1) is 0 Å². The van der Waals surface area contributed by atoms with Gasteiger partial charge in [-0.1, -0.05) is 0 Å². The summed E-state index contributed by atoms with van der Waals surface area (Å²) in [5.41, 5.74) is -0.0605. The molecule has 1 aliphatic rings. The van der Waals surface area contributed by atoms with E-state index in [2.05, 4.69) is 26.8 Å². The van der Waals surface area contributed by atoms with E-state index in [0.717, 1.165) is 19.3 Å². The summed E-state index contributed by atoms with van der Waals surface area (Å²) in [4.78, 5) is 0. The lowest BCUT2D eigenvalue weighted by Crippen LogP contribution is -2.25. The van der Waals surface area contributed by atoms with Crippen molar-refractivity contribution in [2.24, 2.45) is 5.92 Å². The number of hydrogen-bond donors (Lipinski definition) is 0. The van der Waals surface area contributed by atoms with E-state index in [4.69, 9.17) is 10.00 Å². The summed E-state index contributed by atoms with van der Waals surface area (Å²) in [6, 6.07) is 2.30. The van der Waals surface area contributed by atoms with Crippen molar-refractivity contribution >= 4 is 0 Å². The van der Waals surface area contributed by atoms with Crippen LogP contribution in [0, 0.1) is 17.2 Å². The summed E-state index contributed by atoms with van der Waals surface area (Å²) in [5, 5.41) is 8.68. The summed E-state index contributed by atoms with van der Waals surface area (Å²) < 4.78 is 5.78. The van der Waals surface area contributed by atoms with Crippen LogP contribution in [0.2, 0.25) is 0 Å². The normalized spacial score (nSPS) is 30.2. The summed E-state index contributed by atoms with van der Waals surface area (Å²) >= 11 is 0. The highest BCUT2D eigenvalue weighted by Crippen LogP contribution is 2.29. The van der Waals surface area contributed by atoms with Crippen LogP contribution in [0.1, 0.15) is 40.0 Å². The van der Waals surface area contributed by atoms with Gasteiger partial charge in [-0.3, -0.25) is 0 Å². The van der Waals surface area contributed by atoms with Crippen LogP contribution in [0.5, 0.6) is 0 Å². The van der Waals surface area contributed by atoms with E-state index in [-0.39, 0.29) is 11.5 Å². The third kappa shape index (κ3) is 2.83. The Bertz CT molecular complexity index is 187. The molecule has 0 N–H and O–H groups in total. The zero-order chi connectivity index (χ0) is 9.19. The maximum Gasteiger partial charge on any atom is 0.0656 e. The predicted molar refractivity (Wildman–Crippen MR) is 47.6 cm³/mol. The second-order valence-electron chi connectivity index (χ2n) is 4.49. The fourth-order valence-electron chi connectivity index (χ4n) is 1.66. The topological polar surface area (TPSA) is 33.0 Å². The maximum absolute atomic E-state index is 8.68. The third-order valence-electron chi connectivity index (χ3n) is 2.09. The van der Waals surface area contributed by atoms with E-state index in [1.54, 1.807) is 0 Å². The molecule has 0 amide bonds. The van der Waals surface area contributed by atoms with Crippen LogP contribution in [0.3, 0.4) is 0 Å². The first-order valence-corrected chi connectivity index (χ1v) is 4.59. The first-order chi connectivity index (χ1) is 5.51. The molecule has 0 saturated heterocycles. The highest BCUT2D eigenvalue weighted by Gasteiger charge is 2.28. The number of nitrogens with zero attached hydrogens (tertiary/aromatic N) is 1. The standard InChI is InChI=1S/C10H17NO/c1-10(2,3)12-9-5-4-8(6-9)7-11/h8-9H,4-6H2,1-3H3. The van der Waals surface area contributed by atoms with E-state index in [1.165, 1.54) is 0 Å². The van der Waals surface area contributed by atoms with Gasteiger partial charge in [-0.2, -0.15) is 5.26 Å². The lowest BCUT2D eigenvalue weighted by Gasteiger charge is -2.24. The van der Waals surface area contributed by atoms with Crippen LogP contribution in [0.15, 0.2) is 0 Å². The van der Waals surface area contributed by atoms with Gasteiger partial charge in [0.25, 0.3) is 0 Å². The molecule has 1 rings (SSSR count). The van der Waals surface area contributed by atoms with Gasteiger partial charge in [0.1, 0.15) is 0 Å². The van der Waals surface area contributed by atoms with Gasteiger partial charge >= 0.3 is 0 Å². The van der Waals surface area contributed by atoms with Crippen molar-refractivity contribution in [1.29, 1.82) is 5.26 Å². The van der Waals surface area contributed by atoms with Gasteiger partial charge < -0.3 is 4.74 Å². The third-order valence-corrected chi connectivity index (χ3v) is 2.09. The van der Waals surface area contributed by atoms with Crippen molar-refractivity contribution in [2.45, 2.75) is 51.7 Å². The first kappa shape index (κ1) is 9.54. The molecule has 0 heterocycles. The van der Waals surface area contributed by atoms with E-state index in [9.17, 15) is 0 Å². The Kier molecular flexibility index (Phi) is 2.74. The molecule has 2 nitrogen and oxygen atoms in total. The molecular weight excluding hydrogens is 150 g/mol. The second kappa shape index (κ2) is 3.45. The SMILES string of the molecule is CC(C)(C)OC1CCC(C#N)C1. The molecule has 0 aromatic carbocycles. The van der Waals surface area contributed by atoms with Crippen LogP contribution < -0.4 is 0 Å². The number of rotatable bonds is 1. The van der Waals surface area contributed by atoms with Crippen molar-refractivity contribution < 1.29 is 4.74 Å². The van der Waals surface area contributed by atoms with Gasteiger partial charge in [0.05, 0.1) is 17.8 Å². The summed E-state index contributed by atoms with van der Waals surface area (Å²) in [6.45, 7) is 6.19. The smallest absolute Gasteiger partial charge is 0.0656 e. The molecule has 0 aromatic rings. The summed E-state index contributed by atoms with van der Waals surface area (Å²) in [5.74, 6) is 0.234. The van der Waals surface area contributed by atoms with Crippen LogP contribution in [0.4, 0.5) is 0 Å². The summed E-state index contributed by atoms with van der Waals surface area (Å²) in [6.07, 6.45) is 3.30. The highest BCUT2D eigenvalue weighted by molar-refractivity contribution is 4.91. The van der Waals surface area contributed by atoms with Crippen LogP contribution in [0.25, 0.3) is 0 Å². The van der Waals surface area contributed by atoms with Gasteiger partial charge in [-0.05, 0) is 40.0 Å². The Morgan fingerprint density at radius 3 is 2.42 bits per heavy atom. The van der Waals surface area contributed by atoms with Gasteiger partial charge in [0, 0.05) is 5.92 Å². The lowest BCUT2D eigenvalue weighted by atomic mass is 10.1. The fourth-order valence-corrected chi connectivity index (χ4v) is 1.66. The lowest BCUT2D eigenvalue weighted by molar-refractivity contribution is -0.0567. The van der Waals surface area contributed by atoms with E-state index in [0.29, 0.717) is 6.10 Å². The zero-order valence-electron chi connectivity index (χ0n) is 8.13. The molecule has 2 unspecified atom stereocenters. The summed E-state index contributed by atoms with van der Waals surface area (Å²) in [7, 11) is 0. The largest absolute Gasteiger partial charge is 0.373 e. The van der Waals surface area contributed by atoms with E-state index < -0.39 is 0 Å². The Labute approximate surface area is 74.5 Å². The van der Waals surface area contributed by atoms with E-state index in [1.807, 2.05) is 0 Å². The Morgan fingerprint density at radius 2 is 2.00 bits per heavy atom. The van der Waals surface area contributed by atoms with Crippen LogP contribution in [-0.2, 0) is 4.74 Å². The molecule has 0 radical (unpaired) electrons. The molecule has 0 spiro atoms. The van der Waals surface area contributed by atoms with Gasteiger partial charge in [0.2, 0.25) is 0 Å². The number of nitriles is 1. The van der Waals surface area contributed by atoms with Gasteiger partial charge in [0.15, 0.2) is 0 Å². The van der Waals surface area contributed by atoms with Gasteiger partial charge in [-0.25, -0.2) is 0 Å². The number of hydrogen-bond acceptors (Lipinski definition) is 2. The molecule has 2 heteroatoms. The van der Waals surface area contributed by atoms with Crippen molar-refractivity contribution in [3.63, 3.8) is 0 Å². The molecule has 1 saturated carbocycles. The average molecular weight is 167 g/mol. The first-order valence-electron chi connectivity index (χ1n) is 4.59. The Morgan fingerprint density at radius 1 is 1.33 bits per heavy atom. The fraction of sp³-hybridized carbons (Fsp3) is 0.900. The molecule has 2 atom stereocenters. The molecular formula is C10H17NO. The molecule has 68 valence electrons. The van der Waals surface area contributed by atoms with Crippen molar-refractivity contribution in [2.75, 3.05) is 0 Å². The zero-order valence-corrected chi connectivity index (χ0v) is 8.13. The predicted octanol–water partition coefficient (Wildman–Crippen LogP) is 2.49. The van der Waals surface area contributed by atoms with Crippen molar-refractivity contribution in [1.82, 2.24) is 0 Å². The maximum atomic E-state index is 8.68. The Hall–Kier alpha value is -0.550. The molecule has 12 heavy (non-hydrogen) atoms. The second-order valence-corrected chi connectivity index (χ2v) is 4.49. The molecule has 0 aliphatic heterocycles. The van der Waals surface area contributed by atoms with E-state index >= 15 is 0 Å². The number of ether oxygens (including phenoxy) is 1. The molecule has 1 aliphatic carbocycles. The highest BCUT2D eigenvalue weighted by atomic mass is 16.5. The molecule has 0 bridgehead atoms. The Balaban J connectivity index is 2.34. The molecule has 0 aromatic heterocycles. The monoisotopic (exact) mass is 167 g/mol. The van der Waals surface area contributed by atoms with Crippen LogP contribution in [-0.4, -0.2) is 11.7 Å². The molecule has 1 fully saturated rings. The minimum atomic E-state index is -0.0605. The minimum Gasteiger partial charge on any atom is -0.373 e. The quantitative estimate of drug-likeness (QED) is 0.601. The average Bonchev–Trinajstić information content (AvgIpc) is 2.32. The van der Waals surface area contributed by atoms with Crippen molar-refractivity contribution in [3.05, 3.63) is 0 Å². The minimum absolute atomic E-state index is 0.0605. The van der Waals surface area contributed by atoms with Crippen molar-refractivity contribution in [3.8, 4) is 6.07 Å². The van der Waals surface area contributed by atoms with Crippen LogP contribution >= 0.6 is 0 Å².